The average Bonchev–Trinajstić information content (AvgIpc) is 1.95. The second kappa shape index (κ2) is 4.45. The fourth-order valence-corrected chi connectivity index (χ4v) is 2.00. The van der Waals surface area contributed by atoms with E-state index in [0.717, 1.165) is 14.6 Å². The van der Waals surface area contributed by atoms with Crippen LogP contribution in [0.5, 0.6) is 0 Å². The summed E-state index contributed by atoms with van der Waals surface area (Å²) in [6.45, 7) is 0. The van der Waals surface area contributed by atoms with Crippen LogP contribution in [0.25, 0.3) is 0 Å². The molecule has 0 radical (unpaired) electrons. The third-order valence-electron chi connectivity index (χ3n) is 1.11. The van der Waals surface area contributed by atoms with Crippen molar-refractivity contribution in [2.75, 3.05) is 5.43 Å². The minimum Gasteiger partial charge on any atom is -0.310 e. The Balaban J connectivity index is 2.90. The summed E-state index contributed by atoms with van der Waals surface area (Å²) in [4.78, 5) is 0. The molecule has 1 aromatic rings. The highest BCUT2D eigenvalue weighted by molar-refractivity contribution is 9.11. The van der Waals surface area contributed by atoms with Gasteiger partial charge in [0, 0.05) is 25.1 Å². The Morgan fingerprint density at radius 1 is 1.18 bits per heavy atom. The Morgan fingerprint density at radius 2 is 1.91 bits per heavy atom. The van der Waals surface area contributed by atoms with Crippen LogP contribution in [0, 0.1) is 0 Å². The number of anilines is 1. The number of benzene rings is 1. The largest absolute Gasteiger partial charge is 0.310 e. The predicted molar refractivity (Wildman–Crippen MR) is 57.5 cm³/mol. The molecule has 0 aliphatic heterocycles. The van der Waals surface area contributed by atoms with Crippen molar-refractivity contribution in [2.24, 2.45) is 0 Å². The van der Waals surface area contributed by atoms with Crippen LogP contribution in [-0.4, -0.2) is 0 Å². The van der Waals surface area contributed by atoms with Gasteiger partial charge in [-0.05, 0) is 34.1 Å². The van der Waals surface area contributed by atoms with Crippen LogP contribution in [-0.2, 0) is 0 Å². The highest BCUT2D eigenvalue weighted by atomic mass is 79.9. The second-order valence-corrected chi connectivity index (χ2v) is 4.01. The van der Waals surface area contributed by atoms with Gasteiger partial charge < -0.3 is 5.43 Å². The van der Waals surface area contributed by atoms with E-state index in [1.54, 1.807) is 0 Å². The molecule has 0 aliphatic rings. The molecule has 5 heteroatoms. The van der Waals surface area contributed by atoms with E-state index in [2.05, 4.69) is 57.9 Å². The summed E-state index contributed by atoms with van der Waals surface area (Å²) in [5.41, 5.74) is 3.88. The molecule has 0 amide bonds. The number of hydrogen-bond acceptors (Lipinski definition) is 2. The van der Waals surface area contributed by atoms with Crippen molar-refractivity contribution in [1.29, 1.82) is 0 Å². The van der Waals surface area contributed by atoms with Gasteiger partial charge in [0.2, 0.25) is 0 Å². The van der Waals surface area contributed by atoms with Crippen LogP contribution in [0.3, 0.4) is 0 Å². The lowest BCUT2D eigenvalue weighted by Crippen LogP contribution is -2.07. The molecule has 0 aliphatic carbocycles. The lowest BCUT2D eigenvalue weighted by molar-refractivity contribution is 1.24. The molecule has 1 aromatic carbocycles. The number of halogens is 3. The molecule has 0 saturated carbocycles. The Morgan fingerprint density at radius 3 is 2.45 bits per heavy atom. The summed E-state index contributed by atoms with van der Waals surface area (Å²) in [5.74, 6) is 0. The van der Waals surface area contributed by atoms with Crippen molar-refractivity contribution in [2.45, 2.75) is 0 Å². The maximum Gasteiger partial charge on any atom is 0.0639 e. The summed E-state index contributed by atoms with van der Waals surface area (Å²) in [6, 6.07) is 5.87. The Bertz CT molecular complexity index is 252. The molecule has 11 heavy (non-hydrogen) atoms. The zero-order valence-electron chi connectivity index (χ0n) is 5.37. The van der Waals surface area contributed by atoms with Gasteiger partial charge in [-0.3, -0.25) is 0 Å². The highest BCUT2D eigenvalue weighted by Crippen LogP contribution is 2.25. The first-order chi connectivity index (χ1) is 5.24. The van der Waals surface area contributed by atoms with Gasteiger partial charge in [-0.2, -0.15) is 4.45 Å². The molecule has 0 heterocycles. The van der Waals surface area contributed by atoms with Gasteiger partial charge in [0.1, 0.15) is 0 Å². The first-order valence-corrected chi connectivity index (χ1v) is 5.18. The zero-order valence-corrected chi connectivity index (χ0v) is 10.1. The molecule has 60 valence electrons. The molecule has 0 spiro atoms. The molecule has 1 rings (SSSR count). The molecule has 0 bridgehead atoms. The van der Waals surface area contributed by atoms with E-state index in [1.165, 1.54) is 0 Å². The van der Waals surface area contributed by atoms with Gasteiger partial charge in [0.25, 0.3) is 0 Å². The Kier molecular flexibility index (Phi) is 3.84. The van der Waals surface area contributed by atoms with E-state index in [-0.39, 0.29) is 0 Å². The standard InChI is InChI=1S/C6H5Br3N2/c7-4-1-2-6(10-11-9)5(8)3-4/h1-3,10-11H. The molecular weight excluding hydrogens is 340 g/mol. The van der Waals surface area contributed by atoms with Crippen molar-refractivity contribution >= 4 is 53.7 Å². The van der Waals surface area contributed by atoms with Crippen molar-refractivity contribution < 1.29 is 0 Å². The SMILES string of the molecule is BrNNc1ccc(Br)cc1Br. The van der Waals surface area contributed by atoms with Crippen LogP contribution in [0.2, 0.25) is 0 Å². The van der Waals surface area contributed by atoms with Crippen molar-refractivity contribution in [3.8, 4) is 0 Å². The van der Waals surface area contributed by atoms with E-state index in [0.29, 0.717) is 0 Å². The quantitative estimate of drug-likeness (QED) is 0.634. The smallest absolute Gasteiger partial charge is 0.0639 e. The summed E-state index contributed by atoms with van der Waals surface area (Å²) in [5, 5.41) is 0. The molecule has 0 atom stereocenters. The molecule has 0 aromatic heterocycles. The Hall–Kier alpha value is 0.420. The van der Waals surface area contributed by atoms with E-state index >= 15 is 0 Å². The predicted octanol–water partition coefficient (Wildman–Crippen LogP) is 3.44. The molecule has 2 N–H and O–H groups in total. The van der Waals surface area contributed by atoms with Gasteiger partial charge in [0.15, 0.2) is 0 Å². The van der Waals surface area contributed by atoms with Crippen LogP contribution in [0.4, 0.5) is 5.69 Å². The fraction of sp³-hybridized carbons (Fsp3) is 0. The maximum absolute atomic E-state index is 3.39. The molecule has 0 unspecified atom stereocenters. The monoisotopic (exact) mass is 342 g/mol. The summed E-state index contributed by atoms with van der Waals surface area (Å²) in [7, 11) is 0. The van der Waals surface area contributed by atoms with Gasteiger partial charge in [0.05, 0.1) is 5.69 Å². The van der Waals surface area contributed by atoms with Crippen LogP contribution in [0.1, 0.15) is 0 Å². The Labute approximate surface area is 90.3 Å². The normalized spacial score (nSPS) is 9.73. The van der Waals surface area contributed by atoms with E-state index < -0.39 is 0 Å². The van der Waals surface area contributed by atoms with Gasteiger partial charge in [-0.25, -0.2) is 0 Å². The summed E-state index contributed by atoms with van der Waals surface area (Å²) in [6.07, 6.45) is 0. The summed E-state index contributed by atoms with van der Waals surface area (Å²) >= 11 is 9.80. The molecule has 0 fully saturated rings. The third kappa shape index (κ3) is 2.74. The first-order valence-electron chi connectivity index (χ1n) is 2.80. The fourth-order valence-electron chi connectivity index (χ4n) is 0.642. The highest BCUT2D eigenvalue weighted by Gasteiger charge is 1.97. The number of nitrogens with one attached hydrogen (secondary N) is 2. The number of rotatable bonds is 2. The zero-order chi connectivity index (χ0) is 8.27. The minimum absolute atomic E-state index is 0.977. The van der Waals surface area contributed by atoms with Crippen LogP contribution in [0.15, 0.2) is 27.1 Å². The lowest BCUT2D eigenvalue weighted by Gasteiger charge is -2.04. The first kappa shape index (κ1) is 9.51. The minimum atomic E-state index is 0.977. The maximum atomic E-state index is 3.39. The van der Waals surface area contributed by atoms with E-state index in [4.69, 9.17) is 0 Å². The lowest BCUT2D eigenvalue weighted by atomic mass is 10.3. The molecule has 0 saturated heterocycles. The van der Waals surface area contributed by atoms with Crippen LogP contribution < -0.4 is 9.88 Å². The van der Waals surface area contributed by atoms with Gasteiger partial charge in [-0.1, -0.05) is 15.9 Å². The van der Waals surface area contributed by atoms with Gasteiger partial charge >= 0.3 is 0 Å². The van der Waals surface area contributed by atoms with Crippen molar-refractivity contribution in [3.63, 3.8) is 0 Å². The third-order valence-corrected chi connectivity index (χ3v) is 2.46. The number of hydrogen-bond donors (Lipinski definition) is 2. The number of hydrazine groups is 1. The van der Waals surface area contributed by atoms with E-state index in [1.807, 2.05) is 18.2 Å². The summed E-state index contributed by atoms with van der Waals surface area (Å²) < 4.78 is 4.71. The second-order valence-electron chi connectivity index (χ2n) is 1.84. The average molecular weight is 345 g/mol. The topological polar surface area (TPSA) is 24.1 Å². The van der Waals surface area contributed by atoms with Crippen molar-refractivity contribution in [3.05, 3.63) is 27.1 Å². The van der Waals surface area contributed by atoms with Crippen LogP contribution >= 0.6 is 48.0 Å². The van der Waals surface area contributed by atoms with Crippen molar-refractivity contribution in [1.82, 2.24) is 4.45 Å². The van der Waals surface area contributed by atoms with E-state index in [9.17, 15) is 0 Å². The molecule has 2 nitrogen and oxygen atoms in total. The van der Waals surface area contributed by atoms with Gasteiger partial charge in [-0.15, -0.1) is 0 Å². The molecular formula is C6H5Br3N2.